The Hall–Kier alpha value is -1.94. The third kappa shape index (κ3) is 1.76. The van der Waals surface area contributed by atoms with Crippen molar-refractivity contribution < 1.29 is 4.74 Å². The van der Waals surface area contributed by atoms with E-state index in [4.69, 9.17) is 22.1 Å². The molecule has 0 aliphatic carbocycles. The van der Waals surface area contributed by atoms with Crippen LogP contribution in [0.2, 0.25) is 5.02 Å². The molecule has 3 N–H and O–H groups in total. The van der Waals surface area contributed by atoms with E-state index < -0.39 is 0 Å². The predicted octanol–water partition coefficient (Wildman–Crippen LogP) is 2.95. The number of halogens is 1. The minimum absolute atomic E-state index is 0.395. The van der Waals surface area contributed by atoms with Gasteiger partial charge in [-0.1, -0.05) is 11.6 Å². The standard InChI is InChI=1S/C12H10ClN3O/c13-9-3-4-15-12-8(9)6-17-11-2-1-7(14)5-10(11)16-12/h1-5H,6,14H2,(H,15,16). The lowest BCUT2D eigenvalue weighted by Crippen LogP contribution is -1.97. The average molecular weight is 248 g/mol. The Balaban J connectivity index is 2.12. The zero-order valence-corrected chi connectivity index (χ0v) is 9.66. The maximum Gasteiger partial charge on any atom is 0.143 e. The molecule has 1 aliphatic heterocycles. The molecule has 3 rings (SSSR count). The molecule has 0 unspecified atom stereocenters. The Labute approximate surface area is 103 Å². The number of nitrogens with one attached hydrogen (secondary N) is 1. The Morgan fingerprint density at radius 2 is 2.24 bits per heavy atom. The van der Waals surface area contributed by atoms with Crippen molar-refractivity contribution in [3.05, 3.63) is 41.0 Å². The molecule has 0 bridgehead atoms. The molecule has 2 aromatic rings. The van der Waals surface area contributed by atoms with Crippen LogP contribution < -0.4 is 15.8 Å². The first-order chi connectivity index (χ1) is 8.24. The van der Waals surface area contributed by atoms with Crippen molar-refractivity contribution in [1.82, 2.24) is 4.98 Å². The normalized spacial score (nSPS) is 12.8. The van der Waals surface area contributed by atoms with Crippen LogP contribution in [-0.2, 0) is 6.61 Å². The Morgan fingerprint density at radius 1 is 1.35 bits per heavy atom. The summed E-state index contributed by atoms with van der Waals surface area (Å²) in [4.78, 5) is 4.25. The second kappa shape index (κ2) is 3.82. The van der Waals surface area contributed by atoms with Gasteiger partial charge in [0.2, 0.25) is 0 Å². The number of ether oxygens (including phenoxy) is 1. The molecule has 0 spiro atoms. The zero-order chi connectivity index (χ0) is 11.8. The zero-order valence-electron chi connectivity index (χ0n) is 8.90. The number of nitrogens with two attached hydrogens (primary N) is 1. The number of hydrogen-bond acceptors (Lipinski definition) is 4. The summed E-state index contributed by atoms with van der Waals surface area (Å²) < 4.78 is 5.67. The maximum absolute atomic E-state index is 6.10. The van der Waals surface area contributed by atoms with Gasteiger partial charge in [-0.2, -0.15) is 0 Å². The van der Waals surface area contributed by atoms with Gasteiger partial charge >= 0.3 is 0 Å². The van der Waals surface area contributed by atoms with Gasteiger partial charge in [0, 0.05) is 11.9 Å². The van der Waals surface area contributed by atoms with Crippen molar-refractivity contribution >= 4 is 28.8 Å². The summed E-state index contributed by atoms with van der Waals surface area (Å²) in [5.74, 6) is 1.45. The minimum Gasteiger partial charge on any atom is -0.487 e. The number of benzene rings is 1. The highest BCUT2D eigenvalue weighted by molar-refractivity contribution is 6.31. The molecule has 0 atom stereocenters. The number of anilines is 3. The van der Waals surface area contributed by atoms with Gasteiger partial charge in [-0.25, -0.2) is 4.98 Å². The van der Waals surface area contributed by atoms with Crippen LogP contribution in [0.1, 0.15) is 5.56 Å². The van der Waals surface area contributed by atoms with E-state index in [1.807, 2.05) is 12.1 Å². The summed E-state index contributed by atoms with van der Waals surface area (Å²) in [6.07, 6.45) is 1.66. The van der Waals surface area contributed by atoms with Crippen molar-refractivity contribution in [3.8, 4) is 5.75 Å². The van der Waals surface area contributed by atoms with Gasteiger partial charge < -0.3 is 15.8 Å². The highest BCUT2D eigenvalue weighted by Crippen LogP contribution is 2.36. The number of hydrogen-bond donors (Lipinski definition) is 2. The Bertz CT molecular complexity index is 586. The number of nitrogen functional groups attached to an aromatic ring is 1. The van der Waals surface area contributed by atoms with E-state index in [0.717, 1.165) is 17.0 Å². The molecule has 1 aromatic heterocycles. The number of rotatable bonds is 0. The van der Waals surface area contributed by atoms with Crippen molar-refractivity contribution in [2.24, 2.45) is 0 Å². The van der Waals surface area contributed by atoms with Gasteiger partial charge in [-0.15, -0.1) is 0 Å². The van der Waals surface area contributed by atoms with Gasteiger partial charge in [0.25, 0.3) is 0 Å². The van der Waals surface area contributed by atoms with Crippen LogP contribution in [-0.4, -0.2) is 4.98 Å². The summed E-state index contributed by atoms with van der Waals surface area (Å²) >= 11 is 6.10. The molecule has 17 heavy (non-hydrogen) atoms. The lowest BCUT2D eigenvalue weighted by atomic mass is 10.2. The van der Waals surface area contributed by atoms with Crippen LogP contribution in [0.25, 0.3) is 0 Å². The molecule has 2 heterocycles. The molecule has 1 aromatic carbocycles. The largest absolute Gasteiger partial charge is 0.487 e. The van der Waals surface area contributed by atoms with Crippen molar-refractivity contribution in [3.63, 3.8) is 0 Å². The smallest absolute Gasteiger partial charge is 0.143 e. The first kappa shape index (κ1) is 10.2. The summed E-state index contributed by atoms with van der Waals surface area (Å²) in [5, 5.41) is 3.83. The minimum atomic E-state index is 0.395. The van der Waals surface area contributed by atoms with E-state index in [2.05, 4.69) is 10.3 Å². The summed E-state index contributed by atoms with van der Waals surface area (Å²) in [6, 6.07) is 7.19. The first-order valence-corrected chi connectivity index (χ1v) is 5.54. The lowest BCUT2D eigenvalue weighted by molar-refractivity contribution is 0.310. The SMILES string of the molecule is Nc1ccc2c(c1)Nc1nccc(Cl)c1CO2. The van der Waals surface area contributed by atoms with E-state index in [0.29, 0.717) is 23.1 Å². The summed E-state index contributed by atoms with van der Waals surface area (Å²) in [7, 11) is 0. The molecule has 1 aliphatic rings. The van der Waals surface area contributed by atoms with Crippen molar-refractivity contribution in [1.29, 1.82) is 0 Å². The molecular formula is C12H10ClN3O. The average Bonchev–Trinajstić information content (AvgIpc) is 2.48. The van der Waals surface area contributed by atoms with Crippen molar-refractivity contribution in [2.45, 2.75) is 6.61 Å². The fourth-order valence-corrected chi connectivity index (χ4v) is 1.96. The van der Waals surface area contributed by atoms with Crippen LogP contribution in [0.15, 0.2) is 30.5 Å². The molecule has 86 valence electrons. The Kier molecular flexibility index (Phi) is 2.30. The quantitative estimate of drug-likeness (QED) is 0.703. The van der Waals surface area contributed by atoms with Crippen molar-refractivity contribution in [2.75, 3.05) is 11.1 Å². The molecule has 0 saturated heterocycles. The van der Waals surface area contributed by atoms with Gasteiger partial charge in [-0.3, -0.25) is 0 Å². The second-order valence-corrected chi connectivity index (χ2v) is 4.20. The molecule has 0 amide bonds. The van der Waals surface area contributed by atoms with Crippen LogP contribution in [0.3, 0.4) is 0 Å². The van der Waals surface area contributed by atoms with E-state index in [9.17, 15) is 0 Å². The maximum atomic E-state index is 6.10. The molecule has 0 fully saturated rings. The fraction of sp³-hybridized carbons (Fsp3) is 0.0833. The van der Waals surface area contributed by atoms with E-state index >= 15 is 0 Å². The molecular weight excluding hydrogens is 238 g/mol. The van der Waals surface area contributed by atoms with Crippen LogP contribution in [0.5, 0.6) is 5.75 Å². The van der Waals surface area contributed by atoms with E-state index in [1.54, 1.807) is 18.3 Å². The molecule has 0 saturated carbocycles. The highest BCUT2D eigenvalue weighted by atomic mass is 35.5. The number of nitrogens with zero attached hydrogens (tertiary/aromatic N) is 1. The second-order valence-electron chi connectivity index (χ2n) is 3.79. The summed E-state index contributed by atoms with van der Waals surface area (Å²) in [5.41, 5.74) is 8.07. The van der Waals surface area contributed by atoms with E-state index in [-0.39, 0.29) is 0 Å². The first-order valence-electron chi connectivity index (χ1n) is 5.17. The molecule has 5 heteroatoms. The van der Waals surface area contributed by atoms with Crippen LogP contribution in [0, 0.1) is 0 Å². The van der Waals surface area contributed by atoms with Crippen LogP contribution >= 0.6 is 11.6 Å². The third-order valence-corrected chi connectivity index (χ3v) is 2.98. The third-order valence-electron chi connectivity index (χ3n) is 2.63. The van der Waals surface area contributed by atoms with Gasteiger partial charge in [0.05, 0.1) is 16.3 Å². The van der Waals surface area contributed by atoms with Gasteiger partial charge in [0.15, 0.2) is 0 Å². The highest BCUT2D eigenvalue weighted by Gasteiger charge is 2.16. The fourth-order valence-electron chi connectivity index (χ4n) is 1.76. The monoisotopic (exact) mass is 247 g/mol. The lowest BCUT2D eigenvalue weighted by Gasteiger charge is -2.07. The number of pyridine rings is 1. The van der Waals surface area contributed by atoms with E-state index in [1.165, 1.54) is 0 Å². The van der Waals surface area contributed by atoms with Gasteiger partial charge in [-0.05, 0) is 24.3 Å². The van der Waals surface area contributed by atoms with Gasteiger partial charge in [0.1, 0.15) is 18.2 Å². The molecule has 4 nitrogen and oxygen atoms in total. The number of fused-ring (bicyclic) bond motifs is 2. The Morgan fingerprint density at radius 3 is 3.12 bits per heavy atom. The topological polar surface area (TPSA) is 60.2 Å². The van der Waals surface area contributed by atoms with Crippen LogP contribution in [0.4, 0.5) is 17.2 Å². The summed E-state index contributed by atoms with van der Waals surface area (Å²) in [6.45, 7) is 0.395. The molecule has 0 radical (unpaired) electrons. The predicted molar refractivity (Wildman–Crippen MR) is 67.7 cm³/mol. The number of aromatic nitrogens is 1.